The zero-order chi connectivity index (χ0) is 4.99. The molecule has 1 nitrogen and oxygen atoms in total. The molecule has 0 aliphatic carbocycles. The summed E-state index contributed by atoms with van der Waals surface area (Å²) in [4.78, 5) is 0. The van der Waals surface area contributed by atoms with E-state index in [4.69, 9.17) is 7.05 Å². The van der Waals surface area contributed by atoms with Crippen LogP contribution in [0.2, 0.25) is 0 Å². The summed E-state index contributed by atoms with van der Waals surface area (Å²) in [5.74, 6) is 0. The Morgan fingerprint density at radius 1 is 1.83 bits per heavy atom. The molecule has 0 aromatic heterocycles. The third-order valence-corrected chi connectivity index (χ3v) is 0.897. The fourth-order valence-corrected chi connectivity index (χ4v) is 0.118. The molecule has 0 saturated carbocycles. The van der Waals surface area contributed by atoms with E-state index in [2.05, 4.69) is 12.2 Å². The van der Waals surface area contributed by atoms with Gasteiger partial charge in [-0.2, -0.15) is 0 Å². The average Bonchev–Trinajstić information content (AvgIpc) is 1.65. The van der Waals surface area contributed by atoms with Crippen LogP contribution in [0, 0.1) is 7.05 Å². The monoisotopic (exact) mass is 85.1 g/mol. The van der Waals surface area contributed by atoms with E-state index in [-0.39, 0.29) is 0 Å². The minimum absolute atomic E-state index is 0.463. The standard InChI is InChI=1S/C5H11N/c1-4-5(2)6-3/h3,5-6H,4H2,1-2H3. The van der Waals surface area contributed by atoms with Crippen LogP contribution in [0.25, 0.3) is 0 Å². The third kappa shape index (κ3) is 2.21. The SMILES string of the molecule is [CH]NC(C)CC. The first kappa shape index (κ1) is 5.96. The molecule has 1 heteroatoms. The van der Waals surface area contributed by atoms with E-state index in [0.29, 0.717) is 6.04 Å². The van der Waals surface area contributed by atoms with Crippen LogP contribution in [0.5, 0.6) is 0 Å². The number of rotatable bonds is 2. The molecule has 1 N–H and O–H groups in total. The van der Waals surface area contributed by atoms with Crippen LogP contribution in [-0.4, -0.2) is 6.04 Å². The van der Waals surface area contributed by atoms with E-state index in [1.165, 1.54) is 0 Å². The molecular formula is C5H11N. The maximum absolute atomic E-state index is 5.03. The molecule has 0 spiro atoms. The molecule has 0 aromatic carbocycles. The molecule has 1 unspecified atom stereocenters. The van der Waals surface area contributed by atoms with Crippen molar-refractivity contribution in [3.8, 4) is 0 Å². The van der Waals surface area contributed by atoms with Crippen molar-refractivity contribution in [1.82, 2.24) is 5.32 Å². The summed E-state index contributed by atoms with van der Waals surface area (Å²) in [6, 6.07) is 0.463. The molecule has 36 valence electrons. The van der Waals surface area contributed by atoms with Gasteiger partial charge >= 0.3 is 0 Å². The summed E-state index contributed by atoms with van der Waals surface area (Å²) in [7, 11) is 5.03. The van der Waals surface area contributed by atoms with Crippen molar-refractivity contribution in [3.05, 3.63) is 7.05 Å². The second-order valence-electron chi connectivity index (χ2n) is 1.48. The molecule has 0 bridgehead atoms. The van der Waals surface area contributed by atoms with Crippen molar-refractivity contribution in [2.24, 2.45) is 0 Å². The van der Waals surface area contributed by atoms with Crippen LogP contribution >= 0.6 is 0 Å². The van der Waals surface area contributed by atoms with Crippen LogP contribution in [-0.2, 0) is 0 Å². The smallest absolute Gasteiger partial charge is 0.0409 e. The van der Waals surface area contributed by atoms with Crippen LogP contribution in [0.15, 0.2) is 0 Å². The Labute approximate surface area is 39.7 Å². The van der Waals surface area contributed by atoms with Gasteiger partial charge in [0.25, 0.3) is 0 Å². The first-order valence-electron chi connectivity index (χ1n) is 2.27. The molecule has 1 atom stereocenters. The quantitative estimate of drug-likeness (QED) is 0.494. The van der Waals surface area contributed by atoms with E-state index in [0.717, 1.165) is 6.42 Å². The highest BCUT2D eigenvalue weighted by Gasteiger charge is 1.87. The summed E-state index contributed by atoms with van der Waals surface area (Å²) < 4.78 is 0. The van der Waals surface area contributed by atoms with Crippen LogP contribution in [0.1, 0.15) is 20.3 Å². The second kappa shape index (κ2) is 3.16. The van der Waals surface area contributed by atoms with Gasteiger partial charge < -0.3 is 5.32 Å². The van der Waals surface area contributed by atoms with E-state index in [1.54, 1.807) is 0 Å². The fourth-order valence-electron chi connectivity index (χ4n) is 0.118. The topological polar surface area (TPSA) is 12.0 Å². The third-order valence-electron chi connectivity index (χ3n) is 0.897. The molecule has 0 fully saturated rings. The van der Waals surface area contributed by atoms with Crippen molar-refractivity contribution in [1.29, 1.82) is 0 Å². The Morgan fingerprint density at radius 3 is 2.33 bits per heavy atom. The van der Waals surface area contributed by atoms with Gasteiger partial charge in [-0.05, 0) is 13.3 Å². The minimum Gasteiger partial charge on any atom is -0.308 e. The predicted octanol–water partition coefficient (Wildman–Crippen LogP) is 1.04. The molecule has 0 aliphatic rings. The van der Waals surface area contributed by atoms with Gasteiger partial charge in [0.15, 0.2) is 0 Å². The van der Waals surface area contributed by atoms with E-state index < -0.39 is 0 Å². The molecule has 6 heavy (non-hydrogen) atoms. The van der Waals surface area contributed by atoms with Gasteiger partial charge in [-0.1, -0.05) is 6.92 Å². The van der Waals surface area contributed by atoms with Crippen molar-refractivity contribution in [3.63, 3.8) is 0 Å². The summed E-state index contributed by atoms with van der Waals surface area (Å²) >= 11 is 0. The predicted molar refractivity (Wildman–Crippen MR) is 27.2 cm³/mol. The van der Waals surface area contributed by atoms with Crippen molar-refractivity contribution in [2.75, 3.05) is 0 Å². The average molecular weight is 85.1 g/mol. The summed E-state index contributed by atoms with van der Waals surface area (Å²) in [6.45, 7) is 4.13. The van der Waals surface area contributed by atoms with Crippen LogP contribution in [0.3, 0.4) is 0 Å². The van der Waals surface area contributed by atoms with E-state index in [1.807, 2.05) is 6.92 Å². The van der Waals surface area contributed by atoms with Gasteiger partial charge in [0.05, 0.1) is 0 Å². The molecule has 0 saturated heterocycles. The Bertz CT molecular complexity index is 23.1. The molecule has 0 amide bonds. The summed E-state index contributed by atoms with van der Waals surface area (Å²) in [6.07, 6.45) is 1.09. The lowest BCUT2D eigenvalue weighted by molar-refractivity contribution is 0.616. The molecule has 0 rings (SSSR count). The summed E-state index contributed by atoms with van der Waals surface area (Å²) in [5, 5.41) is 2.61. The Hall–Kier alpha value is -0.0400. The zero-order valence-electron chi connectivity index (χ0n) is 4.36. The Morgan fingerprint density at radius 2 is 2.33 bits per heavy atom. The number of nitrogens with one attached hydrogen (secondary N) is 1. The molecular weight excluding hydrogens is 74.1 g/mol. The normalized spacial score (nSPS) is 14.5. The summed E-state index contributed by atoms with van der Waals surface area (Å²) in [5.41, 5.74) is 0. The zero-order valence-corrected chi connectivity index (χ0v) is 4.36. The first-order valence-corrected chi connectivity index (χ1v) is 2.27. The highest BCUT2D eigenvalue weighted by Crippen LogP contribution is 1.83. The van der Waals surface area contributed by atoms with Gasteiger partial charge in [-0.25, -0.2) is 0 Å². The highest BCUT2D eigenvalue weighted by atomic mass is 14.8. The second-order valence-corrected chi connectivity index (χ2v) is 1.48. The fraction of sp³-hybridized carbons (Fsp3) is 0.800. The maximum Gasteiger partial charge on any atom is 0.0409 e. The van der Waals surface area contributed by atoms with E-state index >= 15 is 0 Å². The molecule has 2 radical (unpaired) electrons. The number of hydrogen-bond acceptors (Lipinski definition) is 1. The molecule has 0 aromatic rings. The lowest BCUT2D eigenvalue weighted by atomic mass is 10.3. The van der Waals surface area contributed by atoms with Gasteiger partial charge in [0.1, 0.15) is 0 Å². The maximum atomic E-state index is 5.03. The van der Waals surface area contributed by atoms with Gasteiger partial charge in [-0.15, -0.1) is 0 Å². The molecule has 0 heterocycles. The van der Waals surface area contributed by atoms with Crippen molar-refractivity contribution in [2.45, 2.75) is 26.3 Å². The largest absolute Gasteiger partial charge is 0.308 e. The number of hydrogen-bond donors (Lipinski definition) is 1. The minimum atomic E-state index is 0.463. The van der Waals surface area contributed by atoms with Gasteiger partial charge in [0, 0.05) is 13.1 Å². The van der Waals surface area contributed by atoms with Gasteiger partial charge in [-0.3, -0.25) is 0 Å². The van der Waals surface area contributed by atoms with E-state index in [9.17, 15) is 0 Å². The van der Waals surface area contributed by atoms with Gasteiger partial charge in [0.2, 0.25) is 0 Å². The Balaban J connectivity index is 2.75. The highest BCUT2D eigenvalue weighted by molar-refractivity contribution is 4.52. The Kier molecular flexibility index (Phi) is 3.14. The van der Waals surface area contributed by atoms with Crippen molar-refractivity contribution >= 4 is 0 Å². The molecule has 0 aliphatic heterocycles. The van der Waals surface area contributed by atoms with Crippen LogP contribution in [0.4, 0.5) is 0 Å². The lowest BCUT2D eigenvalue weighted by Crippen LogP contribution is -2.16. The van der Waals surface area contributed by atoms with Crippen molar-refractivity contribution < 1.29 is 0 Å². The van der Waals surface area contributed by atoms with Crippen LogP contribution < -0.4 is 5.32 Å². The lowest BCUT2D eigenvalue weighted by Gasteiger charge is -2.01. The first-order chi connectivity index (χ1) is 2.81.